The van der Waals surface area contributed by atoms with Gasteiger partial charge in [-0.05, 0) is 35.9 Å². The molecule has 0 bridgehead atoms. The van der Waals surface area contributed by atoms with Crippen molar-refractivity contribution in [2.75, 3.05) is 36.3 Å². The molecule has 0 aliphatic heterocycles. The molecule has 0 unspecified atom stereocenters. The molecule has 2 amide bonds. The van der Waals surface area contributed by atoms with Crippen molar-refractivity contribution in [1.82, 2.24) is 9.97 Å². The lowest BCUT2D eigenvalue weighted by Crippen LogP contribution is -2.30. The number of anilines is 3. The van der Waals surface area contributed by atoms with Crippen LogP contribution in [0.5, 0.6) is 0 Å². The molecule has 31 heavy (non-hydrogen) atoms. The number of hydrogen-bond acceptors (Lipinski definition) is 5. The Labute approximate surface area is 178 Å². The molecule has 0 atom stereocenters. The van der Waals surface area contributed by atoms with Gasteiger partial charge in [0.05, 0.1) is 11.3 Å². The predicted octanol–water partition coefficient (Wildman–Crippen LogP) is 3.72. The lowest BCUT2D eigenvalue weighted by molar-refractivity contribution is -0.114. The molecule has 1 aromatic carbocycles. The number of aromatic nitrogens is 2. The highest BCUT2D eigenvalue weighted by Gasteiger charge is 2.25. The van der Waals surface area contributed by atoms with Gasteiger partial charge in [0.25, 0.3) is 5.91 Å². The predicted molar refractivity (Wildman–Crippen MR) is 115 cm³/mol. The number of hydrogen-bond donors (Lipinski definition) is 1. The Balaban J connectivity index is 2.18. The van der Waals surface area contributed by atoms with Gasteiger partial charge in [0.1, 0.15) is 23.3 Å². The van der Waals surface area contributed by atoms with Crippen LogP contribution in [0, 0.1) is 11.6 Å². The standard InChI is InChI=1S/C22H21F2N5O2/c1-13(30)26-20-16(14-7-9-25-10-8-14)12-17(21(27-20)28(2)3)22(31)29(4)19-6-5-15(23)11-18(19)24/h5-12H,1-4H3,(H,26,27,30). The van der Waals surface area contributed by atoms with Crippen LogP contribution in [-0.2, 0) is 4.79 Å². The minimum absolute atomic E-state index is 0.0764. The van der Waals surface area contributed by atoms with Gasteiger partial charge in [-0.1, -0.05) is 0 Å². The highest BCUT2D eigenvalue weighted by atomic mass is 19.1. The first kappa shape index (κ1) is 21.8. The molecule has 0 aliphatic carbocycles. The number of nitrogens with one attached hydrogen (secondary N) is 1. The van der Waals surface area contributed by atoms with Crippen molar-refractivity contribution in [3.8, 4) is 11.1 Å². The fourth-order valence-electron chi connectivity index (χ4n) is 3.06. The molecule has 160 valence electrons. The Kier molecular flexibility index (Phi) is 6.24. The van der Waals surface area contributed by atoms with E-state index in [1.54, 1.807) is 49.6 Å². The first-order valence-corrected chi connectivity index (χ1v) is 9.32. The molecule has 0 saturated carbocycles. The number of benzene rings is 1. The Hall–Kier alpha value is -3.88. The van der Waals surface area contributed by atoms with E-state index in [4.69, 9.17) is 0 Å². The SMILES string of the molecule is CC(=O)Nc1nc(N(C)C)c(C(=O)N(C)c2ccc(F)cc2F)cc1-c1ccncc1. The third-order valence-electron chi connectivity index (χ3n) is 4.52. The van der Waals surface area contributed by atoms with E-state index >= 15 is 0 Å². The van der Waals surface area contributed by atoms with Crippen molar-refractivity contribution in [3.63, 3.8) is 0 Å². The summed E-state index contributed by atoms with van der Waals surface area (Å²) in [4.78, 5) is 36.2. The molecule has 0 spiro atoms. The second kappa shape index (κ2) is 8.86. The van der Waals surface area contributed by atoms with Gasteiger partial charge in [-0.2, -0.15) is 0 Å². The van der Waals surface area contributed by atoms with Crippen molar-refractivity contribution >= 4 is 29.1 Å². The number of nitrogens with zero attached hydrogens (tertiary/aromatic N) is 4. The zero-order valence-corrected chi connectivity index (χ0v) is 17.5. The van der Waals surface area contributed by atoms with Crippen molar-refractivity contribution in [3.05, 3.63) is 66.0 Å². The van der Waals surface area contributed by atoms with Crippen molar-refractivity contribution in [1.29, 1.82) is 0 Å². The molecule has 0 radical (unpaired) electrons. The average molecular weight is 425 g/mol. The minimum atomic E-state index is -0.862. The summed E-state index contributed by atoms with van der Waals surface area (Å²) in [6.45, 7) is 1.36. The summed E-state index contributed by atoms with van der Waals surface area (Å²) in [5, 5.41) is 2.69. The van der Waals surface area contributed by atoms with E-state index in [9.17, 15) is 18.4 Å². The lowest BCUT2D eigenvalue weighted by atomic mass is 10.0. The largest absolute Gasteiger partial charge is 0.362 e. The van der Waals surface area contributed by atoms with E-state index in [0.717, 1.165) is 11.0 Å². The number of amides is 2. The van der Waals surface area contributed by atoms with Gasteiger partial charge < -0.3 is 15.1 Å². The van der Waals surface area contributed by atoms with Gasteiger partial charge in [-0.25, -0.2) is 13.8 Å². The first-order valence-electron chi connectivity index (χ1n) is 9.32. The maximum atomic E-state index is 14.3. The fourth-order valence-corrected chi connectivity index (χ4v) is 3.06. The maximum Gasteiger partial charge on any atom is 0.261 e. The summed E-state index contributed by atoms with van der Waals surface area (Å²) in [5.74, 6) is -1.92. The molecule has 7 nitrogen and oxygen atoms in total. The second-order valence-electron chi connectivity index (χ2n) is 7.03. The molecule has 0 saturated heterocycles. The first-order chi connectivity index (χ1) is 14.7. The van der Waals surface area contributed by atoms with Crippen LogP contribution in [0.15, 0.2) is 48.8 Å². The molecule has 3 aromatic rings. The van der Waals surface area contributed by atoms with Gasteiger partial charge >= 0.3 is 0 Å². The van der Waals surface area contributed by atoms with Crippen LogP contribution in [0.3, 0.4) is 0 Å². The van der Waals surface area contributed by atoms with E-state index in [2.05, 4.69) is 15.3 Å². The minimum Gasteiger partial charge on any atom is -0.362 e. The summed E-state index contributed by atoms with van der Waals surface area (Å²) in [7, 11) is 4.79. The van der Waals surface area contributed by atoms with Crippen LogP contribution < -0.4 is 15.1 Å². The summed E-state index contributed by atoms with van der Waals surface area (Å²) < 4.78 is 27.6. The van der Waals surface area contributed by atoms with E-state index in [1.807, 2.05) is 0 Å². The molecular weight excluding hydrogens is 404 g/mol. The monoisotopic (exact) mass is 425 g/mol. The molecular formula is C22H21F2N5O2. The summed E-state index contributed by atoms with van der Waals surface area (Å²) >= 11 is 0. The second-order valence-corrected chi connectivity index (χ2v) is 7.03. The molecule has 2 aromatic heterocycles. The Morgan fingerprint density at radius 2 is 1.68 bits per heavy atom. The number of rotatable bonds is 5. The highest BCUT2D eigenvalue weighted by Crippen LogP contribution is 2.33. The number of carbonyl (C=O) groups is 2. The van der Waals surface area contributed by atoms with Crippen LogP contribution in [0.2, 0.25) is 0 Å². The van der Waals surface area contributed by atoms with E-state index in [1.165, 1.54) is 20.0 Å². The van der Waals surface area contributed by atoms with Gasteiger partial charge in [0, 0.05) is 52.1 Å². The third kappa shape index (κ3) is 4.66. The topological polar surface area (TPSA) is 78.4 Å². The fraction of sp³-hybridized carbons (Fsp3) is 0.182. The summed E-state index contributed by atoms with van der Waals surface area (Å²) in [6, 6.07) is 8.01. The van der Waals surface area contributed by atoms with Crippen LogP contribution in [0.4, 0.5) is 26.1 Å². The number of carbonyl (C=O) groups excluding carboxylic acids is 2. The molecule has 0 aliphatic rings. The zero-order chi connectivity index (χ0) is 22.7. The van der Waals surface area contributed by atoms with Crippen LogP contribution >= 0.6 is 0 Å². The van der Waals surface area contributed by atoms with E-state index in [0.29, 0.717) is 17.2 Å². The van der Waals surface area contributed by atoms with Crippen molar-refractivity contribution < 1.29 is 18.4 Å². The Morgan fingerprint density at radius 1 is 1.00 bits per heavy atom. The van der Waals surface area contributed by atoms with Gasteiger partial charge in [0.15, 0.2) is 0 Å². The van der Waals surface area contributed by atoms with Gasteiger partial charge in [-0.15, -0.1) is 0 Å². The van der Waals surface area contributed by atoms with Crippen LogP contribution in [-0.4, -0.2) is 42.9 Å². The Morgan fingerprint density at radius 3 is 2.26 bits per heavy atom. The normalized spacial score (nSPS) is 10.5. The summed E-state index contributed by atoms with van der Waals surface area (Å²) in [6.07, 6.45) is 3.16. The third-order valence-corrected chi connectivity index (χ3v) is 4.52. The summed E-state index contributed by atoms with van der Waals surface area (Å²) in [5.41, 5.74) is 1.28. The van der Waals surface area contributed by atoms with Crippen LogP contribution in [0.1, 0.15) is 17.3 Å². The highest BCUT2D eigenvalue weighted by molar-refractivity contribution is 6.10. The molecule has 9 heteroatoms. The molecule has 3 rings (SSSR count). The van der Waals surface area contributed by atoms with Gasteiger partial charge in [-0.3, -0.25) is 14.6 Å². The van der Waals surface area contributed by atoms with E-state index < -0.39 is 17.5 Å². The van der Waals surface area contributed by atoms with Crippen LogP contribution in [0.25, 0.3) is 11.1 Å². The average Bonchev–Trinajstić information content (AvgIpc) is 2.72. The number of pyridine rings is 2. The Bertz CT molecular complexity index is 1140. The van der Waals surface area contributed by atoms with Crippen molar-refractivity contribution in [2.45, 2.75) is 6.92 Å². The molecule has 0 fully saturated rings. The van der Waals surface area contributed by atoms with Crippen molar-refractivity contribution in [2.24, 2.45) is 0 Å². The molecule has 1 N–H and O–H groups in total. The molecule has 2 heterocycles. The lowest BCUT2D eigenvalue weighted by Gasteiger charge is -2.23. The zero-order valence-electron chi connectivity index (χ0n) is 17.5. The number of halogens is 2. The van der Waals surface area contributed by atoms with Gasteiger partial charge in [0.2, 0.25) is 5.91 Å². The smallest absolute Gasteiger partial charge is 0.261 e. The van der Waals surface area contributed by atoms with E-state index in [-0.39, 0.29) is 28.8 Å². The maximum absolute atomic E-state index is 14.3. The quantitative estimate of drug-likeness (QED) is 0.674.